The minimum Gasteiger partial charge on any atom is -0.310 e. The minimum atomic E-state index is -3.51. The van der Waals surface area contributed by atoms with Gasteiger partial charge in [0.1, 0.15) is 0 Å². The van der Waals surface area contributed by atoms with Crippen LogP contribution in [0.3, 0.4) is 0 Å². The lowest BCUT2D eigenvalue weighted by Crippen LogP contribution is -2.42. The number of benzene rings is 2. The maximum atomic E-state index is 13.7. The highest BCUT2D eigenvalue weighted by Crippen LogP contribution is 2.62. The maximum Gasteiger partial charge on any atom is 0.333 e. The van der Waals surface area contributed by atoms with Gasteiger partial charge in [-0.25, -0.2) is 9.46 Å². The van der Waals surface area contributed by atoms with Gasteiger partial charge in [0.2, 0.25) is 0 Å². The number of allylic oxidation sites excluding steroid dienone is 1. The molecule has 0 saturated heterocycles. The fraction of sp³-hybridized carbons (Fsp3) is 0.167. The van der Waals surface area contributed by atoms with Crippen molar-refractivity contribution in [2.75, 3.05) is 11.3 Å². The van der Waals surface area contributed by atoms with E-state index in [9.17, 15) is 9.36 Å². The summed E-state index contributed by atoms with van der Waals surface area (Å²) in [6, 6.07) is 17.8. The van der Waals surface area contributed by atoms with Crippen molar-refractivity contribution in [2.24, 2.45) is 0 Å². The first-order valence-corrected chi connectivity index (χ1v) is 9.33. The van der Waals surface area contributed by atoms with Gasteiger partial charge in [0, 0.05) is 0 Å². The molecule has 5 nitrogen and oxygen atoms in total. The summed E-state index contributed by atoms with van der Waals surface area (Å²) in [7, 11) is -3.51. The first-order valence-electron chi connectivity index (χ1n) is 7.76. The van der Waals surface area contributed by atoms with E-state index in [2.05, 4.69) is 5.32 Å². The molecule has 2 aromatic carbocycles. The van der Waals surface area contributed by atoms with Crippen LogP contribution in [-0.2, 0) is 9.09 Å². The fourth-order valence-corrected chi connectivity index (χ4v) is 4.87. The number of nitrogens with zero attached hydrogens (tertiary/aromatic N) is 1. The summed E-state index contributed by atoms with van der Waals surface area (Å²) in [5, 5.41) is 3.39. The molecule has 1 N–H and O–H groups in total. The summed E-state index contributed by atoms with van der Waals surface area (Å²) in [6.07, 6.45) is 0. The topological polar surface area (TPSA) is 58.6 Å². The largest absolute Gasteiger partial charge is 0.333 e. The van der Waals surface area contributed by atoms with E-state index in [-0.39, 0.29) is 6.61 Å². The highest BCUT2D eigenvalue weighted by atomic mass is 31.2. The zero-order valence-electron chi connectivity index (χ0n) is 13.6. The highest BCUT2D eigenvalue weighted by molar-refractivity contribution is 7.66. The van der Waals surface area contributed by atoms with E-state index < -0.39 is 13.6 Å². The Morgan fingerprint density at radius 3 is 2.21 bits per heavy atom. The number of urea groups is 1. The van der Waals surface area contributed by atoms with Crippen LogP contribution in [0.4, 0.5) is 10.5 Å². The van der Waals surface area contributed by atoms with Gasteiger partial charge < -0.3 is 9.84 Å². The number of carbonyl (C=O) groups excluding carboxylic acids is 1. The van der Waals surface area contributed by atoms with Gasteiger partial charge >= 0.3 is 13.6 Å². The lowest BCUT2D eigenvalue weighted by Gasteiger charge is -2.36. The Bertz CT molecular complexity index is 819. The zero-order valence-corrected chi connectivity index (χ0v) is 14.5. The van der Waals surface area contributed by atoms with E-state index in [0.29, 0.717) is 16.7 Å². The van der Waals surface area contributed by atoms with Gasteiger partial charge in [0.05, 0.1) is 23.3 Å². The molecule has 3 rings (SSSR count). The molecule has 1 aliphatic rings. The number of rotatable bonds is 4. The van der Waals surface area contributed by atoms with Gasteiger partial charge in [-0.1, -0.05) is 48.5 Å². The lowest BCUT2D eigenvalue weighted by molar-refractivity contribution is 0.250. The first-order chi connectivity index (χ1) is 11.6. The molecule has 124 valence electrons. The van der Waals surface area contributed by atoms with Gasteiger partial charge in [-0.15, -0.1) is 0 Å². The molecule has 0 radical (unpaired) electrons. The molecule has 1 unspecified atom stereocenters. The van der Waals surface area contributed by atoms with Crippen molar-refractivity contribution in [3.05, 3.63) is 71.5 Å². The summed E-state index contributed by atoms with van der Waals surface area (Å²) in [5.74, 6) is 0. The molecule has 2 amide bonds. The van der Waals surface area contributed by atoms with Crippen LogP contribution >= 0.6 is 7.52 Å². The van der Waals surface area contributed by atoms with E-state index in [4.69, 9.17) is 4.52 Å². The van der Waals surface area contributed by atoms with Crippen LogP contribution in [0.15, 0.2) is 66.0 Å². The highest BCUT2D eigenvalue weighted by Gasteiger charge is 2.44. The summed E-state index contributed by atoms with van der Waals surface area (Å²) < 4.78 is 20.5. The van der Waals surface area contributed by atoms with Crippen molar-refractivity contribution in [2.45, 2.75) is 13.8 Å². The summed E-state index contributed by atoms with van der Waals surface area (Å²) in [6.45, 7) is 3.76. The standard InChI is InChI=1S/C18H19N2O3P/c1-3-23-24(22)14(2)17(15-10-6-4-7-11-15)19-18(21)20(24)16-12-8-5-9-13-16/h4-13H,3H2,1-2H3,(H,19,21). The Morgan fingerprint density at radius 2 is 1.62 bits per heavy atom. The number of nitrogens with one attached hydrogen (secondary N) is 1. The second kappa shape index (κ2) is 6.63. The van der Waals surface area contributed by atoms with Crippen LogP contribution in [0.5, 0.6) is 0 Å². The van der Waals surface area contributed by atoms with E-state index in [1.165, 1.54) is 4.67 Å². The van der Waals surface area contributed by atoms with Crippen LogP contribution in [-0.4, -0.2) is 12.6 Å². The average Bonchev–Trinajstić information content (AvgIpc) is 2.60. The minimum absolute atomic E-state index is 0.243. The maximum absolute atomic E-state index is 13.7. The fourth-order valence-electron chi connectivity index (χ4n) is 2.72. The molecule has 0 spiro atoms. The predicted molar refractivity (Wildman–Crippen MR) is 95.7 cm³/mol. The van der Waals surface area contributed by atoms with Crippen molar-refractivity contribution in [3.63, 3.8) is 0 Å². The Hall–Kier alpha value is -2.36. The summed E-state index contributed by atoms with van der Waals surface area (Å²) >= 11 is 0. The first kappa shape index (κ1) is 16.5. The van der Waals surface area contributed by atoms with Crippen molar-refractivity contribution in [1.82, 2.24) is 5.32 Å². The van der Waals surface area contributed by atoms with E-state index in [1.807, 2.05) is 36.4 Å². The normalized spacial score (nSPS) is 20.9. The number of hydrogen-bond donors (Lipinski definition) is 1. The van der Waals surface area contributed by atoms with E-state index in [1.54, 1.807) is 38.1 Å². The molecule has 2 aromatic rings. The second-order valence-corrected chi connectivity index (χ2v) is 7.71. The van der Waals surface area contributed by atoms with Crippen molar-refractivity contribution in [3.8, 4) is 0 Å². The average molecular weight is 342 g/mol. The Morgan fingerprint density at radius 1 is 1.04 bits per heavy atom. The van der Waals surface area contributed by atoms with Gasteiger partial charge in [-0.05, 0) is 31.5 Å². The molecule has 0 aromatic heterocycles. The number of carbonyl (C=O) groups is 1. The second-order valence-electron chi connectivity index (χ2n) is 5.34. The smallest absolute Gasteiger partial charge is 0.310 e. The molecule has 0 saturated carbocycles. The molecule has 1 atom stereocenters. The molecule has 0 fully saturated rings. The van der Waals surface area contributed by atoms with E-state index >= 15 is 0 Å². The monoisotopic (exact) mass is 342 g/mol. The van der Waals surface area contributed by atoms with Gasteiger partial charge in [0.25, 0.3) is 0 Å². The molecular weight excluding hydrogens is 323 g/mol. The SMILES string of the molecule is CCOP1(=O)C(C)=C(c2ccccc2)NC(=O)N1c1ccccc1. The van der Waals surface area contributed by atoms with Crippen LogP contribution in [0.1, 0.15) is 19.4 Å². The molecule has 6 heteroatoms. The molecule has 0 aliphatic carbocycles. The molecule has 0 bridgehead atoms. The third kappa shape index (κ3) is 2.77. The molecule has 24 heavy (non-hydrogen) atoms. The summed E-state index contributed by atoms with van der Waals surface area (Å²) in [5.41, 5.74) is 1.89. The summed E-state index contributed by atoms with van der Waals surface area (Å²) in [4.78, 5) is 12.7. The van der Waals surface area contributed by atoms with Crippen molar-refractivity contribution >= 4 is 24.9 Å². The van der Waals surface area contributed by atoms with Crippen LogP contribution in [0.2, 0.25) is 0 Å². The lowest BCUT2D eigenvalue weighted by atomic mass is 10.1. The predicted octanol–water partition coefficient (Wildman–Crippen LogP) is 4.83. The molecule has 1 heterocycles. The third-order valence-corrected chi connectivity index (χ3v) is 6.46. The van der Waals surface area contributed by atoms with Gasteiger partial charge in [-0.2, -0.15) is 0 Å². The van der Waals surface area contributed by atoms with Gasteiger partial charge in [0.15, 0.2) is 0 Å². The van der Waals surface area contributed by atoms with Crippen LogP contribution in [0, 0.1) is 0 Å². The number of hydrogen-bond acceptors (Lipinski definition) is 3. The van der Waals surface area contributed by atoms with Crippen LogP contribution in [0.25, 0.3) is 5.70 Å². The Balaban J connectivity index is 2.17. The van der Waals surface area contributed by atoms with Gasteiger partial charge in [-0.3, -0.25) is 4.57 Å². The number of amides is 2. The van der Waals surface area contributed by atoms with Crippen molar-refractivity contribution < 1.29 is 13.9 Å². The third-order valence-electron chi connectivity index (χ3n) is 3.84. The number of para-hydroxylation sites is 1. The molecular formula is C18H19N2O3P. The zero-order chi connectivity index (χ0) is 17.2. The van der Waals surface area contributed by atoms with Crippen molar-refractivity contribution in [1.29, 1.82) is 0 Å². The quantitative estimate of drug-likeness (QED) is 0.809. The number of anilines is 1. The van der Waals surface area contributed by atoms with Crippen LogP contribution < -0.4 is 9.99 Å². The van der Waals surface area contributed by atoms with E-state index in [0.717, 1.165) is 5.56 Å². The Kier molecular flexibility index (Phi) is 4.56. The molecule has 1 aliphatic heterocycles. The Labute approximate surface area is 141 Å².